The molecule has 4 N–H and O–H groups in total. The Kier molecular flexibility index (Phi) is 6.44. The van der Waals surface area contributed by atoms with Crippen molar-refractivity contribution in [3.8, 4) is 11.3 Å². The molecule has 0 aliphatic rings. The first kappa shape index (κ1) is 22.1. The molecule has 0 radical (unpaired) electrons. The summed E-state index contributed by atoms with van der Waals surface area (Å²) in [6, 6.07) is 13.3. The first-order chi connectivity index (χ1) is 16.0. The van der Waals surface area contributed by atoms with E-state index in [9.17, 15) is 4.79 Å². The zero-order chi connectivity index (χ0) is 23.4. The number of carbonyl (C=O) groups is 1. The molecule has 1 amide bonds. The summed E-state index contributed by atoms with van der Waals surface area (Å²) < 4.78 is 0. The summed E-state index contributed by atoms with van der Waals surface area (Å²) in [7, 11) is 1.64. The lowest BCUT2D eigenvalue weighted by atomic mass is 9.87. The number of para-hydroxylation sites is 1. The van der Waals surface area contributed by atoms with Gasteiger partial charge in [0.05, 0.1) is 16.8 Å². The van der Waals surface area contributed by atoms with Gasteiger partial charge in [0.1, 0.15) is 18.0 Å². The molecule has 8 nitrogen and oxygen atoms in total. The minimum atomic E-state index is -0.113. The van der Waals surface area contributed by atoms with Gasteiger partial charge >= 0.3 is 0 Å². The van der Waals surface area contributed by atoms with E-state index in [-0.39, 0.29) is 17.7 Å². The van der Waals surface area contributed by atoms with Gasteiger partial charge < -0.3 is 16.4 Å². The topological polar surface area (TPSA) is 119 Å². The number of carbonyl (C=O) groups excluding carboxylic acids is 1. The predicted octanol–water partition coefficient (Wildman–Crippen LogP) is 3.88. The Morgan fingerprint density at radius 1 is 1.06 bits per heavy atom. The zero-order valence-electron chi connectivity index (χ0n) is 18.9. The molecule has 3 heterocycles. The summed E-state index contributed by atoms with van der Waals surface area (Å²) in [5, 5.41) is 6.99. The number of nitrogen functional groups attached to an aromatic ring is 1. The van der Waals surface area contributed by atoms with E-state index >= 15 is 0 Å². The van der Waals surface area contributed by atoms with Crippen LogP contribution in [0.1, 0.15) is 35.7 Å². The van der Waals surface area contributed by atoms with E-state index in [4.69, 9.17) is 5.73 Å². The lowest BCUT2D eigenvalue weighted by Gasteiger charge is -2.22. The van der Waals surface area contributed by atoms with Gasteiger partial charge in [-0.2, -0.15) is 0 Å². The number of anilines is 2. The molecular formula is C25H27N7O. The van der Waals surface area contributed by atoms with Gasteiger partial charge in [-0.1, -0.05) is 32.0 Å². The van der Waals surface area contributed by atoms with Crippen LogP contribution in [0, 0.1) is 5.92 Å². The number of pyridine rings is 2. The van der Waals surface area contributed by atoms with Gasteiger partial charge in [0.25, 0.3) is 5.91 Å². The first-order valence-electron chi connectivity index (χ1n) is 10.9. The Morgan fingerprint density at radius 2 is 1.91 bits per heavy atom. The van der Waals surface area contributed by atoms with E-state index in [1.807, 2.05) is 24.3 Å². The van der Waals surface area contributed by atoms with Gasteiger partial charge in [-0.15, -0.1) is 0 Å². The molecule has 0 saturated carbocycles. The highest BCUT2D eigenvalue weighted by molar-refractivity contribution is 6.06. The number of nitrogens with zero attached hydrogens (tertiary/aromatic N) is 4. The summed E-state index contributed by atoms with van der Waals surface area (Å²) >= 11 is 0. The molecule has 168 valence electrons. The molecule has 4 rings (SSSR count). The second-order valence-corrected chi connectivity index (χ2v) is 8.09. The average molecular weight is 442 g/mol. The molecule has 8 heteroatoms. The Labute approximate surface area is 192 Å². The number of fused-ring (bicyclic) bond motifs is 1. The minimum Gasteiger partial charge on any atom is -0.384 e. The number of benzene rings is 1. The molecule has 2 atom stereocenters. The van der Waals surface area contributed by atoms with Crippen LogP contribution >= 0.6 is 0 Å². The van der Waals surface area contributed by atoms with Crippen molar-refractivity contribution < 1.29 is 4.79 Å². The highest BCUT2D eigenvalue weighted by atomic mass is 16.1. The van der Waals surface area contributed by atoms with Crippen molar-refractivity contribution in [2.75, 3.05) is 24.6 Å². The molecule has 0 bridgehead atoms. The highest BCUT2D eigenvalue weighted by Crippen LogP contribution is 2.31. The quantitative estimate of drug-likeness (QED) is 0.398. The van der Waals surface area contributed by atoms with Crippen molar-refractivity contribution in [1.29, 1.82) is 0 Å². The monoisotopic (exact) mass is 441 g/mol. The van der Waals surface area contributed by atoms with Crippen LogP contribution in [0.25, 0.3) is 22.2 Å². The SMILES string of the molecule is CNC(=O)c1ccnc2c(C(C)[C@H](C)CNc3cc(-c4ccc(N)nc4)ncn3)cccc12. The van der Waals surface area contributed by atoms with Gasteiger partial charge in [0.2, 0.25) is 0 Å². The van der Waals surface area contributed by atoms with Crippen LogP contribution in [0.2, 0.25) is 0 Å². The van der Waals surface area contributed by atoms with E-state index in [2.05, 4.69) is 50.5 Å². The molecule has 0 saturated heterocycles. The third kappa shape index (κ3) is 4.74. The second kappa shape index (κ2) is 9.60. The third-order valence-corrected chi connectivity index (χ3v) is 5.97. The highest BCUT2D eigenvalue weighted by Gasteiger charge is 2.19. The number of hydrogen-bond donors (Lipinski definition) is 3. The largest absolute Gasteiger partial charge is 0.384 e. The van der Waals surface area contributed by atoms with Crippen LogP contribution in [-0.4, -0.2) is 39.4 Å². The molecule has 33 heavy (non-hydrogen) atoms. The molecule has 1 aromatic carbocycles. The fraction of sp³-hybridized carbons (Fsp3) is 0.240. The fourth-order valence-electron chi connectivity index (χ4n) is 3.82. The molecule has 1 unspecified atom stereocenters. The standard InChI is InChI=1S/C25H27N7O/c1-15(12-30-23-11-21(31-14-32-23)17-7-8-22(26)29-13-17)16(2)18-5-4-6-19-20(25(33)27-3)9-10-28-24(18)19/h4-11,13-16H,12H2,1-3H3,(H2,26,29)(H,27,33)(H,30,31,32)/t15-,16?/m1/s1. The van der Waals surface area contributed by atoms with E-state index in [1.54, 1.807) is 31.6 Å². The van der Waals surface area contributed by atoms with Crippen molar-refractivity contribution >= 4 is 28.4 Å². The van der Waals surface area contributed by atoms with Gasteiger partial charge in [-0.05, 0) is 35.6 Å². The lowest BCUT2D eigenvalue weighted by Crippen LogP contribution is -2.19. The molecule has 0 spiro atoms. The smallest absolute Gasteiger partial charge is 0.251 e. The van der Waals surface area contributed by atoms with Gasteiger partial charge in [-0.3, -0.25) is 9.78 Å². The van der Waals surface area contributed by atoms with Crippen molar-refractivity contribution in [1.82, 2.24) is 25.3 Å². The van der Waals surface area contributed by atoms with E-state index in [0.29, 0.717) is 17.9 Å². The van der Waals surface area contributed by atoms with Crippen LogP contribution in [0.15, 0.2) is 61.2 Å². The molecule has 0 aliphatic heterocycles. The Balaban J connectivity index is 1.51. The summed E-state index contributed by atoms with van der Waals surface area (Å²) in [6.45, 7) is 5.08. The Morgan fingerprint density at radius 3 is 2.67 bits per heavy atom. The number of rotatable bonds is 7. The number of nitrogens with one attached hydrogen (secondary N) is 2. The van der Waals surface area contributed by atoms with Crippen LogP contribution in [-0.2, 0) is 0 Å². The number of amides is 1. The minimum absolute atomic E-state index is 0.113. The van der Waals surface area contributed by atoms with E-state index in [0.717, 1.165) is 33.5 Å². The summed E-state index contributed by atoms with van der Waals surface area (Å²) in [6.07, 6.45) is 4.93. The second-order valence-electron chi connectivity index (χ2n) is 8.09. The molecule has 0 fully saturated rings. The average Bonchev–Trinajstić information content (AvgIpc) is 2.86. The maximum atomic E-state index is 12.3. The predicted molar refractivity (Wildman–Crippen MR) is 131 cm³/mol. The lowest BCUT2D eigenvalue weighted by molar-refractivity contribution is 0.0964. The van der Waals surface area contributed by atoms with Gasteiger partial charge in [0.15, 0.2) is 0 Å². The normalized spacial score (nSPS) is 12.8. The van der Waals surface area contributed by atoms with E-state index in [1.165, 1.54) is 6.33 Å². The van der Waals surface area contributed by atoms with Crippen LogP contribution in [0.5, 0.6) is 0 Å². The molecule has 4 aromatic rings. The molecular weight excluding hydrogens is 414 g/mol. The zero-order valence-corrected chi connectivity index (χ0v) is 18.9. The van der Waals surface area contributed by atoms with Crippen LogP contribution in [0.4, 0.5) is 11.6 Å². The van der Waals surface area contributed by atoms with Crippen molar-refractivity contribution in [3.63, 3.8) is 0 Å². The van der Waals surface area contributed by atoms with Crippen molar-refractivity contribution in [2.24, 2.45) is 5.92 Å². The van der Waals surface area contributed by atoms with E-state index < -0.39 is 0 Å². The maximum Gasteiger partial charge on any atom is 0.251 e. The maximum absolute atomic E-state index is 12.3. The van der Waals surface area contributed by atoms with Gasteiger partial charge in [-0.25, -0.2) is 15.0 Å². The number of hydrogen-bond acceptors (Lipinski definition) is 7. The summed E-state index contributed by atoms with van der Waals surface area (Å²) in [4.78, 5) is 29.7. The van der Waals surface area contributed by atoms with Crippen LogP contribution < -0.4 is 16.4 Å². The first-order valence-corrected chi connectivity index (χ1v) is 10.9. The van der Waals surface area contributed by atoms with Crippen LogP contribution in [0.3, 0.4) is 0 Å². The third-order valence-electron chi connectivity index (χ3n) is 5.97. The van der Waals surface area contributed by atoms with Crippen molar-refractivity contribution in [2.45, 2.75) is 19.8 Å². The summed E-state index contributed by atoms with van der Waals surface area (Å²) in [5.74, 6) is 1.58. The van der Waals surface area contributed by atoms with Gasteiger partial charge in [0, 0.05) is 43.0 Å². The summed E-state index contributed by atoms with van der Waals surface area (Å²) in [5.41, 5.74) is 9.94. The number of aromatic nitrogens is 4. The Bertz CT molecular complexity index is 1270. The molecule has 3 aromatic heterocycles. The molecule has 0 aliphatic carbocycles. The number of nitrogens with two attached hydrogens (primary N) is 1. The fourth-order valence-corrected chi connectivity index (χ4v) is 3.82. The Hall–Kier alpha value is -4.07. The van der Waals surface area contributed by atoms with Crippen molar-refractivity contribution in [3.05, 3.63) is 72.3 Å².